The quantitative estimate of drug-likeness (QED) is 0.258. The summed E-state index contributed by atoms with van der Waals surface area (Å²) in [6.07, 6.45) is 3.57. The lowest BCUT2D eigenvalue weighted by atomic mass is 10.1. The molecule has 1 aromatic carbocycles. The molecule has 25 heavy (non-hydrogen) atoms. The minimum Gasteiger partial charge on any atom is -0.385 e. The van der Waals surface area contributed by atoms with Crippen LogP contribution in [0.15, 0.2) is 35.3 Å². The molecule has 0 aliphatic carbocycles. The zero-order chi connectivity index (χ0) is 17.0. The van der Waals surface area contributed by atoms with Crippen molar-refractivity contribution >= 4 is 29.9 Å². The molecule has 6 heteroatoms. The van der Waals surface area contributed by atoms with Crippen molar-refractivity contribution in [3.05, 3.63) is 35.9 Å². The third-order valence-electron chi connectivity index (χ3n) is 4.35. The van der Waals surface area contributed by atoms with E-state index in [9.17, 15) is 0 Å². The molecule has 2 N–H and O–H groups in total. The SMILES string of the molecule is CCNC(=NCC(c1ccccc1)N1CCCC1)NCCCOC.I. The van der Waals surface area contributed by atoms with Gasteiger partial charge in [0.05, 0.1) is 12.6 Å². The van der Waals surface area contributed by atoms with Crippen molar-refractivity contribution in [2.75, 3.05) is 46.4 Å². The van der Waals surface area contributed by atoms with Crippen LogP contribution in [0.25, 0.3) is 0 Å². The number of likely N-dealkylation sites (tertiary alicyclic amines) is 1. The molecule has 0 radical (unpaired) electrons. The molecule has 0 amide bonds. The molecule has 1 unspecified atom stereocenters. The summed E-state index contributed by atoms with van der Waals surface area (Å²) in [5.41, 5.74) is 1.36. The minimum atomic E-state index is 0. The van der Waals surface area contributed by atoms with E-state index in [4.69, 9.17) is 9.73 Å². The van der Waals surface area contributed by atoms with E-state index in [-0.39, 0.29) is 24.0 Å². The molecule has 1 aliphatic rings. The van der Waals surface area contributed by atoms with E-state index < -0.39 is 0 Å². The number of hydrogen-bond acceptors (Lipinski definition) is 3. The summed E-state index contributed by atoms with van der Waals surface area (Å²) in [5, 5.41) is 6.73. The molecule has 0 spiro atoms. The Morgan fingerprint density at radius 1 is 1.20 bits per heavy atom. The Balaban J connectivity index is 0.00000312. The number of methoxy groups -OCH3 is 1. The fourth-order valence-electron chi connectivity index (χ4n) is 3.10. The van der Waals surface area contributed by atoms with Gasteiger partial charge in [-0.25, -0.2) is 0 Å². The smallest absolute Gasteiger partial charge is 0.191 e. The highest BCUT2D eigenvalue weighted by Crippen LogP contribution is 2.25. The first-order valence-corrected chi connectivity index (χ1v) is 9.15. The fourth-order valence-corrected chi connectivity index (χ4v) is 3.10. The van der Waals surface area contributed by atoms with E-state index in [1.54, 1.807) is 7.11 Å². The lowest BCUT2D eigenvalue weighted by Crippen LogP contribution is -2.39. The molecule has 1 aliphatic heterocycles. The van der Waals surface area contributed by atoms with Crippen molar-refractivity contribution < 1.29 is 4.74 Å². The van der Waals surface area contributed by atoms with Crippen molar-refractivity contribution in [3.63, 3.8) is 0 Å². The van der Waals surface area contributed by atoms with Crippen LogP contribution in [0.4, 0.5) is 0 Å². The van der Waals surface area contributed by atoms with Crippen molar-refractivity contribution in [1.29, 1.82) is 0 Å². The van der Waals surface area contributed by atoms with E-state index >= 15 is 0 Å². The van der Waals surface area contributed by atoms with Crippen molar-refractivity contribution in [3.8, 4) is 0 Å². The zero-order valence-corrected chi connectivity index (χ0v) is 17.9. The third-order valence-corrected chi connectivity index (χ3v) is 4.35. The van der Waals surface area contributed by atoms with Crippen LogP contribution in [0.5, 0.6) is 0 Å². The second-order valence-corrected chi connectivity index (χ2v) is 6.16. The normalized spacial score (nSPS) is 16.3. The van der Waals surface area contributed by atoms with Crippen LogP contribution < -0.4 is 10.6 Å². The second kappa shape index (κ2) is 13.4. The van der Waals surface area contributed by atoms with Gasteiger partial charge >= 0.3 is 0 Å². The van der Waals surface area contributed by atoms with Crippen LogP contribution >= 0.6 is 24.0 Å². The highest BCUT2D eigenvalue weighted by atomic mass is 127. The first kappa shape index (κ1) is 22.2. The average molecular weight is 460 g/mol. The molecule has 142 valence electrons. The number of nitrogens with zero attached hydrogens (tertiary/aromatic N) is 2. The van der Waals surface area contributed by atoms with Gasteiger partial charge in [-0.2, -0.15) is 0 Å². The van der Waals surface area contributed by atoms with Crippen LogP contribution in [-0.4, -0.2) is 57.3 Å². The molecule has 1 atom stereocenters. The summed E-state index contributed by atoms with van der Waals surface area (Å²) in [5.74, 6) is 0.897. The van der Waals surface area contributed by atoms with Gasteiger partial charge in [0.2, 0.25) is 0 Å². The summed E-state index contributed by atoms with van der Waals surface area (Å²) in [6.45, 7) is 7.74. The van der Waals surface area contributed by atoms with Gasteiger partial charge in [-0.05, 0) is 44.8 Å². The van der Waals surface area contributed by atoms with Gasteiger partial charge in [0.15, 0.2) is 5.96 Å². The summed E-state index contributed by atoms with van der Waals surface area (Å²) in [6, 6.07) is 11.1. The largest absolute Gasteiger partial charge is 0.385 e. The van der Waals surface area contributed by atoms with Crippen molar-refractivity contribution in [2.24, 2.45) is 4.99 Å². The van der Waals surface area contributed by atoms with Crippen LogP contribution in [0.1, 0.15) is 37.8 Å². The second-order valence-electron chi connectivity index (χ2n) is 6.16. The highest BCUT2D eigenvalue weighted by molar-refractivity contribution is 14.0. The maximum atomic E-state index is 5.10. The molecule has 0 bridgehead atoms. The molecule has 1 saturated heterocycles. The molecule has 0 aromatic heterocycles. The number of aliphatic imine (C=N–C) groups is 1. The van der Waals surface area contributed by atoms with Crippen molar-refractivity contribution in [1.82, 2.24) is 15.5 Å². The summed E-state index contributed by atoms with van der Waals surface area (Å²) >= 11 is 0. The Hall–Kier alpha value is -0.860. The molecular weight excluding hydrogens is 427 g/mol. The Kier molecular flexibility index (Phi) is 11.9. The standard InChI is InChI=1S/C19H32N4O.HI/c1-3-20-19(21-12-9-15-24-2)22-16-18(23-13-7-8-14-23)17-10-5-4-6-11-17;/h4-6,10-11,18H,3,7-9,12-16H2,1-2H3,(H2,20,21,22);1H. The lowest BCUT2D eigenvalue weighted by Gasteiger charge is -2.27. The Labute approximate surface area is 169 Å². The van der Waals surface area contributed by atoms with Gasteiger partial charge in [-0.1, -0.05) is 30.3 Å². The molecule has 1 fully saturated rings. The van der Waals surface area contributed by atoms with E-state index in [0.29, 0.717) is 6.04 Å². The summed E-state index contributed by atoms with van der Waals surface area (Å²) in [7, 11) is 1.74. The van der Waals surface area contributed by atoms with Crippen LogP contribution in [0.3, 0.4) is 0 Å². The van der Waals surface area contributed by atoms with Gasteiger partial charge in [0.1, 0.15) is 0 Å². The number of nitrogens with one attached hydrogen (secondary N) is 2. The maximum Gasteiger partial charge on any atom is 0.191 e. The van der Waals surface area contributed by atoms with E-state index in [2.05, 4.69) is 52.8 Å². The van der Waals surface area contributed by atoms with Crippen LogP contribution in [0.2, 0.25) is 0 Å². The molecule has 1 heterocycles. The zero-order valence-electron chi connectivity index (χ0n) is 15.5. The molecule has 0 saturated carbocycles. The first-order chi connectivity index (χ1) is 11.8. The van der Waals surface area contributed by atoms with Gasteiger partial charge in [-0.3, -0.25) is 9.89 Å². The van der Waals surface area contributed by atoms with E-state index in [0.717, 1.165) is 38.6 Å². The number of guanidine groups is 1. The van der Waals surface area contributed by atoms with Gasteiger partial charge in [0, 0.05) is 26.8 Å². The number of hydrogen-bond donors (Lipinski definition) is 2. The highest BCUT2D eigenvalue weighted by Gasteiger charge is 2.23. The van der Waals surface area contributed by atoms with Gasteiger partial charge < -0.3 is 15.4 Å². The molecular formula is C19H33IN4O. The predicted molar refractivity (Wildman–Crippen MR) is 116 cm³/mol. The van der Waals surface area contributed by atoms with Gasteiger partial charge in [0.25, 0.3) is 0 Å². The number of rotatable bonds is 9. The third kappa shape index (κ3) is 7.92. The van der Waals surface area contributed by atoms with Gasteiger partial charge in [-0.15, -0.1) is 24.0 Å². The van der Waals surface area contributed by atoms with Crippen LogP contribution in [0, 0.1) is 0 Å². The maximum absolute atomic E-state index is 5.10. The number of halogens is 1. The number of ether oxygens (including phenoxy) is 1. The topological polar surface area (TPSA) is 48.9 Å². The van der Waals surface area contributed by atoms with E-state index in [1.807, 2.05) is 0 Å². The Morgan fingerprint density at radius 3 is 2.56 bits per heavy atom. The molecule has 5 nitrogen and oxygen atoms in total. The summed E-state index contributed by atoms with van der Waals surface area (Å²) in [4.78, 5) is 7.41. The number of benzene rings is 1. The minimum absolute atomic E-state index is 0. The Morgan fingerprint density at radius 2 is 1.92 bits per heavy atom. The van der Waals surface area contributed by atoms with Crippen LogP contribution in [-0.2, 0) is 4.74 Å². The Bertz CT molecular complexity index is 478. The summed E-state index contributed by atoms with van der Waals surface area (Å²) < 4.78 is 5.10. The fraction of sp³-hybridized carbons (Fsp3) is 0.632. The van der Waals surface area contributed by atoms with Crippen molar-refractivity contribution in [2.45, 2.75) is 32.2 Å². The lowest BCUT2D eigenvalue weighted by molar-refractivity contribution is 0.195. The average Bonchev–Trinajstić information content (AvgIpc) is 3.14. The predicted octanol–water partition coefficient (Wildman–Crippen LogP) is 3.03. The van der Waals surface area contributed by atoms with E-state index in [1.165, 1.54) is 31.5 Å². The monoisotopic (exact) mass is 460 g/mol. The molecule has 2 rings (SSSR count). The molecule has 1 aromatic rings. The first-order valence-electron chi connectivity index (χ1n) is 9.15.